The molecule has 0 aliphatic carbocycles. The zero-order chi connectivity index (χ0) is 13.1. The van der Waals surface area contributed by atoms with Crippen LogP contribution in [0.4, 0.5) is 0 Å². The van der Waals surface area contributed by atoms with Crippen LogP contribution in [0, 0.1) is 0 Å². The summed E-state index contributed by atoms with van der Waals surface area (Å²) in [5, 5.41) is 19.8. The Morgan fingerprint density at radius 3 is 2.89 bits per heavy atom. The van der Waals surface area contributed by atoms with Crippen molar-refractivity contribution in [3.63, 3.8) is 0 Å². The molecular formula is C13H14ClNO3. The van der Waals surface area contributed by atoms with Crippen LogP contribution in [-0.2, 0) is 6.42 Å². The lowest BCUT2D eigenvalue weighted by molar-refractivity contribution is 0.0957. The SMILES string of the molecule is COc1ccc2ncc(Cl)c(CC(O)CO)c2c1. The Morgan fingerprint density at radius 1 is 1.44 bits per heavy atom. The standard InChI is InChI=1S/C13H14ClNO3/c1-18-9-2-3-13-11(5-9)10(4-8(17)7-16)12(14)6-15-13/h2-3,5-6,8,16-17H,4,7H2,1H3. The Bertz CT molecular complexity index is 559. The third-order valence-corrected chi connectivity index (χ3v) is 3.11. The lowest BCUT2D eigenvalue weighted by Crippen LogP contribution is -2.15. The van der Waals surface area contributed by atoms with Crippen LogP contribution in [0.3, 0.4) is 0 Å². The second-order valence-corrected chi connectivity index (χ2v) is 4.42. The van der Waals surface area contributed by atoms with Gasteiger partial charge in [0.2, 0.25) is 0 Å². The number of aromatic nitrogens is 1. The quantitative estimate of drug-likeness (QED) is 0.887. The van der Waals surface area contributed by atoms with Gasteiger partial charge in [-0.1, -0.05) is 11.6 Å². The highest BCUT2D eigenvalue weighted by atomic mass is 35.5. The van der Waals surface area contributed by atoms with Gasteiger partial charge in [0, 0.05) is 18.0 Å². The summed E-state index contributed by atoms with van der Waals surface area (Å²) in [5.74, 6) is 0.700. The Kier molecular flexibility index (Phi) is 4.01. The maximum atomic E-state index is 9.56. The lowest BCUT2D eigenvalue weighted by atomic mass is 10.0. The summed E-state index contributed by atoms with van der Waals surface area (Å²) in [4.78, 5) is 4.22. The van der Waals surface area contributed by atoms with Crippen molar-refractivity contribution < 1.29 is 14.9 Å². The molecule has 2 N–H and O–H groups in total. The number of fused-ring (bicyclic) bond motifs is 1. The van der Waals surface area contributed by atoms with Gasteiger partial charge >= 0.3 is 0 Å². The summed E-state index contributed by atoms with van der Waals surface area (Å²) >= 11 is 6.10. The topological polar surface area (TPSA) is 62.6 Å². The fraction of sp³-hybridized carbons (Fsp3) is 0.308. The number of hydrogen-bond acceptors (Lipinski definition) is 4. The fourth-order valence-corrected chi connectivity index (χ4v) is 2.06. The molecule has 0 aliphatic heterocycles. The molecule has 0 spiro atoms. The van der Waals surface area contributed by atoms with Crippen molar-refractivity contribution in [2.45, 2.75) is 12.5 Å². The van der Waals surface area contributed by atoms with Crippen LogP contribution < -0.4 is 4.74 Å². The minimum absolute atomic E-state index is 0.279. The predicted molar refractivity (Wildman–Crippen MR) is 70.1 cm³/mol. The summed E-state index contributed by atoms with van der Waals surface area (Å²) in [5.41, 5.74) is 1.54. The highest BCUT2D eigenvalue weighted by Crippen LogP contribution is 2.28. The number of aliphatic hydroxyl groups is 2. The van der Waals surface area contributed by atoms with Gasteiger partial charge < -0.3 is 14.9 Å². The Morgan fingerprint density at radius 2 is 2.22 bits per heavy atom. The van der Waals surface area contributed by atoms with E-state index in [2.05, 4.69) is 4.98 Å². The van der Waals surface area contributed by atoms with E-state index in [4.69, 9.17) is 21.4 Å². The molecule has 1 unspecified atom stereocenters. The first-order chi connectivity index (χ1) is 8.65. The molecule has 96 valence electrons. The van der Waals surface area contributed by atoms with Crippen LogP contribution in [0.15, 0.2) is 24.4 Å². The molecule has 18 heavy (non-hydrogen) atoms. The van der Waals surface area contributed by atoms with E-state index in [0.29, 0.717) is 10.8 Å². The van der Waals surface area contributed by atoms with Crippen LogP contribution >= 0.6 is 11.6 Å². The van der Waals surface area contributed by atoms with Gasteiger partial charge in [-0.2, -0.15) is 0 Å². The highest BCUT2D eigenvalue weighted by Gasteiger charge is 2.12. The molecule has 2 aromatic rings. The number of benzene rings is 1. The normalized spacial score (nSPS) is 12.7. The van der Waals surface area contributed by atoms with Crippen molar-refractivity contribution in [2.75, 3.05) is 13.7 Å². The average molecular weight is 268 g/mol. The molecule has 0 amide bonds. The van der Waals surface area contributed by atoms with Gasteiger partial charge in [0.05, 0.1) is 30.4 Å². The van der Waals surface area contributed by atoms with Crippen molar-refractivity contribution in [3.8, 4) is 5.75 Å². The van der Waals surface area contributed by atoms with Gasteiger partial charge in [0.1, 0.15) is 5.75 Å². The molecule has 1 heterocycles. The minimum Gasteiger partial charge on any atom is -0.497 e. The monoisotopic (exact) mass is 267 g/mol. The third-order valence-electron chi connectivity index (χ3n) is 2.78. The fourth-order valence-electron chi connectivity index (χ4n) is 1.84. The smallest absolute Gasteiger partial charge is 0.119 e. The summed E-state index contributed by atoms with van der Waals surface area (Å²) < 4.78 is 5.17. The molecule has 1 aromatic heterocycles. The second-order valence-electron chi connectivity index (χ2n) is 4.01. The van der Waals surface area contributed by atoms with E-state index >= 15 is 0 Å². The Hall–Kier alpha value is -1.36. The Labute approximate surface area is 110 Å². The molecule has 5 heteroatoms. The van der Waals surface area contributed by atoms with Crippen molar-refractivity contribution >= 4 is 22.5 Å². The first kappa shape index (κ1) is 13.1. The minimum atomic E-state index is -0.834. The van der Waals surface area contributed by atoms with Gasteiger partial charge in [-0.15, -0.1) is 0 Å². The molecule has 0 bridgehead atoms. The summed E-state index contributed by atoms with van der Waals surface area (Å²) in [6, 6.07) is 5.47. The van der Waals surface area contributed by atoms with Crippen LogP contribution in [0.5, 0.6) is 5.75 Å². The molecule has 0 saturated carbocycles. The molecule has 1 atom stereocenters. The molecule has 4 nitrogen and oxygen atoms in total. The maximum absolute atomic E-state index is 9.56. The number of ether oxygens (including phenoxy) is 1. The van der Waals surface area contributed by atoms with Crippen molar-refractivity contribution in [3.05, 3.63) is 35.0 Å². The van der Waals surface area contributed by atoms with Crippen LogP contribution in [0.25, 0.3) is 10.9 Å². The summed E-state index contributed by atoms with van der Waals surface area (Å²) in [6.45, 7) is -0.301. The van der Waals surface area contributed by atoms with Gasteiger partial charge in [0.15, 0.2) is 0 Å². The Balaban J connectivity index is 2.56. The molecule has 0 aliphatic rings. The molecule has 1 aromatic carbocycles. The predicted octanol–water partition coefficient (Wildman–Crippen LogP) is 1.79. The number of nitrogens with zero attached hydrogens (tertiary/aromatic N) is 1. The molecule has 0 saturated heterocycles. The van der Waals surface area contributed by atoms with E-state index in [1.165, 1.54) is 0 Å². The van der Waals surface area contributed by atoms with Crippen LogP contribution in [-0.4, -0.2) is 35.0 Å². The number of halogens is 1. The first-order valence-electron chi connectivity index (χ1n) is 5.55. The van der Waals surface area contributed by atoms with E-state index < -0.39 is 6.10 Å². The summed E-state index contributed by atoms with van der Waals surface area (Å²) in [6.07, 6.45) is 0.997. The average Bonchev–Trinajstić information content (AvgIpc) is 2.41. The number of aliphatic hydroxyl groups excluding tert-OH is 2. The van der Waals surface area contributed by atoms with Gasteiger partial charge in [-0.05, 0) is 23.8 Å². The van der Waals surface area contributed by atoms with E-state index in [0.717, 1.165) is 16.5 Å². The molecule has 0 radical (unpaired) electrons. The zero-order valence-electron chi connectivity index (χ0n) is 9.93. The van der Waals surface area contributed by atoms with Crippen molar-refractivity contribution in [2.24, 2.45) is 0 Å². The van der Waals surface area contributed by atoms with Gasteiger partial charge in [-0.25, -0.2) is 0 Å². The molecular weight excluding hydrogens is 254 g/mol. The lowest BCUT2D eigenvalue weighted by Gasteiger charge is -2.12. The number of methoxy groups -OCH3 is 1. The number of rotatable bonds is 4. The first-order valence-corrected chi connectivity index (χ1v) is 5.93. The van der Waals surface area contributed by atoms with E-state index in [1.807, 2.05) is 18.2 Å². The molecule has 2 rings (SSSR count). The van der Waals surface area contributed by atoms with Gasteiger partial charge in [-0.3, -0.25) is 4.98 Å². The van der Waals surface area contributed by atoms with E-state index in [1.54, 1.807) is 13.3 Å². The van der Waals surface area contributed by atoms with Gasteiger partial charge in [0.25, 0.3) is 0 Å². The largest absolute Gasteiger partial charge is 0.497 e. The zero-order valence-corrected chi connectivity index (χ0v) is 10.7. The van der Waals surface area contributed by atoms with Crippen molar-refractivity contribution in [1.29, 1.82) is 0 Å². The third kappa shape index (κ3) is 2.56. The highest BCUT2D eigenvalue weighted by molar-refractivity contribution is 6.32. The number of hydrogen-bond donors (Lipinski definition) is 2. The summed E-state index contributed by atoms with van der Waals surface area (Å²) in [7, 11) is 1.58. The van der Waals surface area contributed by atoms with Crippen LogP contribution in [0.1, 0.15) is 5.56 Å². The molecule has 0 fully saturated rings. The van der Waals surface area contributed by atoms with Crippen LogP contribution in [0.2, 0.25) is 5.02 Å². The number of pyridine rings is 1. The van der Waals surface area contributed by atoms with E-state index in [-0.39, 0.29) is 13.0 Å². The van der Waals surface area contributed by atoms with E-state index in [9.17, 15) is 5.11 Å². The van der Waals surface area contributed by atoms with Crippen molar-refractivity contribution in [1.82, 2.24) is 4.98 Å². The maximum Gasteiger partial charge on any atom is 0.119 e. The second kappa shape index (κ2) is 5.52.